The molecule has 1 fully saturated rings. The third-order valence-corrected chi connectivity index (χ3v) is 4.84. The van der Waals surface area contributed by atoms with Crippen LogP contribution >= 0.6 is 46.6 Å². The van der Waals surface area contributed by atoms with Crippen molar-refractivity contribution < 1.29 is 5.11 Å². The molecule has 10 heteroatoms. The molecule has 1 aromatic heterocycles. The lowest BCUT2D eigenvalue weighted by Crippen LogP contribution is -2.47. The Morgan fingerprint density at radius 3 is 2.70 bits per heavy atom. The average molecular weight is 360 g/mol. The predicted octanol–water partition coefficient (Wildman–Crippen LogP) is 1.51. The summed E-state index contributed by atoms with van der Waals surface area (Å²) in [5.74, 6) is -0.0670. The quantitative estimate of drug-likeness (QED) is 0.455. The zero-order chi connectivity index (χ0) is 14.9. The van der Waals surface area contributed by atoms with Gasteiger partial charge in [-0.3, -0.25) is 10.2 Å². The van der Waals surface area contributed by atoms with E-state index in [1.165, 1.54) is 11.8 Å². The van der Waals surface area contributed by atoms with Crippen molar-refractivity contribution in [3.8, 4) is 0 Å². The van der Waals surface area contributed by atoms with Crippen LogP contribution in [0.15, 0.2) is 9.95 Å². The Labute approximate surface area is 134 Å². The monoisotopic (exact) mass is 358 g/mol. The van der Waals surface area contributed by atoms with Crippen LogP contribution in [-0.2, 0) is 0 Å². The van der Waals surface area contributed by atoms with Crippen LogP contribution in [0.5, 0.6) is 0 Å². The van der Waals surface area contributed by atoms with Gasteiger partial charge in [0.1, 0.15) is 5.69 Å². The molecule has 2 N–H and O–H groups in total. The molecule has 1 saturated carbocycles. The van der Waals surface area contributed by atoms with Crippen molar-refractivity contribution in [3.05, 3.63) is 16.0 Å². The summed E-state index contributed by atoms with van der Waals surface area (Å²) in [4.78, 5) is 12.3. The molecule has 0 radical (unpaired) electrons. The molecule has 1 aliphatic carbocycles. The zero-order valence-electron chi connectivity index (χ0n) is 10.5. The van der Waals surface area contributed by atoms with Crippen LogP contribution in [0.1, 0.15) is 24.5 Å². The van der Waals surface area contributed by atoms with Crippen LogP contribution in [0.4, 0.5) is 0 Å². The van der Waals surface area contributed by atoms with E-state index in [1.807, 2.05) is 0 Å². The summed E-state index contributed by atoms with van der Waals surface area (Å²) < 4.78 is -0.512. The van der Waals surface area contributed by atoms with Gasteiger partial charge < -0.3 is 5.11 Å². The molecule has 1 heterocycles. The van der Waals surface area contributed by atoms with Crippen LogP contribution in [0.3, 0.4) is 0 Å². The van der Waals surface area contributed by atoms with Gasteiger partial charge >= 0.3 is 0 Å². The number of halogens is 3. The molecule has 2 rings (SSSR count). The number of alkyl halides is 3. The Morgan fingerprint density at radius 1 is 1.55 bits per heavy atom. The van der Waals surface area contributed by atoms with E-state index in [0.717, 1.165) is 17.5 Å². The summed E-state index contributed by atoms with van der Waals surface area (Å²) in [6.07, 6.45) is 2.15. The van der Waals surface area contributed by atoms with Crippen molar-refractivity contribution in [1.82, 2.24) is 14.9 Å². The molecule has 20 heavy (non-hydrogen) atoms. The maximum atomic E-state index is 12.3. The SMILES string of the molecule is CSc1nnc(C2CC2)c(=O)n1NC(O)C(Cl)(Cl)CCl. The lowest BCUT2D eigenvalue weighted by atomic mass is 10.3. The minimum Gasteiger partial charge on any atom is -0.369 e. The van der Waals surface area contributed by atoms with Crippen LogP contribution in [0.25, 0.3) is 0 Å². The molecule has 0 saturated heterocycles. The number of hydrogen-bond acceptors (Lipinski definition) is 6. The first kappa shape index (κ1) is 16.2. The second-order valence-corrected chi connectivity index (χ2v) is 7.00. The van der Waals surface area contributed by atoms with Crippen molar-refractivity contribution in [2.45, 2.75) is 34.5 Å². The lowest BCUT2D eigenvalue weighted by molar-refractivity contribution is 0.171. The van der Waals surface area contributed by atoms with Gasteiger partial charge in [0, 0.05) is 5.92 Å². The first-order valence-electron chi connectivity index (χ1n) is 5.82. The third-order valence-electron chi connectivity index (χ3n) is 2.83. The van der Waals surface area contributed by atoms with Gasteiger partial charge in [-0.1, -0.05) is 35.0 Å². The van der Waals surface area contributed by atoms with Gasteiger partial charge in [0.25, 0.3) is 5.56 Å². The number of rotatable bonds is 6. The summed E-state index contributed by atoms with van der Waals surface area (Å²) in [7, 11) is 0. The summed E-state index contributed by atoms with van der Waals surface area (Å²) in [5, 5.41) is 18.2. The molecular formula is C10H13Cl3N4O2S. The topological polar surface area (TPSA) is 80.0 Å². The number of nitrogens with one attached hydrogen (secondary N) is 1. The second kappa shape index (κ2) is 6.27. The van der Waals surface area contributed by atoms with Crippen LogP contribution in [0, 0.1) is 0 Å². The number of aliphatic hydroxyl groups excluding tert-OH is 1. The largest absolute Gasteiger partial charge is 0.369 e. The molecule has 112 valence electrons. The van der Waals surface area contributed by atoms with Crippen molar-refractivity contribution >= 4 is 46.6 Å². The minimum absolute atomic E-state index is 0.140. The highest BCUT2D eigenvalue weighted by molar-refractivity contribution is 7.98. The summed E-state index contributed by atoms with van der Waals surface area (Å²) in [6.45, 7) is 0. The molecule has 1 aliphatic rings. The normalized spacial score (nSPS) is 17.1. The van der Waals surface area contributed by atoms with E-state index in [2.05, 4.69) is 15.6 Å². The Bertz CT molecular complexity index is 550. The molecule has 1 aromatic rings. The average Bonchev–Trinajstić information content (AvgIpc) is 3.25. The van der Waals surface area contributed by atoms with E-state index in [9.17, 15) is 9.90 Å². The van der Waals surface area contributed by atoms with Gasteiger partial charge in [-0.25, -0.2) is 0 Å². The minimum atomic E-state index is -1.63. The van der Waals surface area contributed by atoms with Crippen molar-refractivity contribution in [1.29, 1.82) is 0 Å². The highest BCUT2D eigenvalue weighted by atomic mass is 35.5. The van der Waals surface area contributed by atoms with Crippen LogP contribution in [-0.4, -0.2) is 42.7 Å². The molecule has 0 amide bonds. The van der Waals surface area contributed by atoms with Crippen molar-refractivity contribution in [2.75, 3.05) is 17.6 Å². The second-order valence-electron chi connectivity index (χ2n) is 4.41. The Morgan fingerprint density at radius 2 is 2.20 bits per heavy atom. The van der Waals surface area contributed by atoms with Gasteiger partial charge in [0.05, 0.1) is 5.88 Å². The molecular weight excluding hydrogens is 347 g/mol. The summed E-state index contributed by atoms with van der Waals surface area (Å²) in [6, 6.07) is 0. The maximum Gasteiger partial charge on any atom is 0.295 e. The lowest BCUT2D eigenvalue weighted by Gasteiger charge is -2.26. The number of thioether (sulfide) groups is 1. The van der Waals surface area contributed by atoms with E-state index < -0.39 is 10.6 Å². The fraction of sp³-hybridized carbons (Fsp3) is 0.700. The van der Waals surface area contributed by atoms with Crippen LogP contribution in [0.2, 0.25) is 0 Å². The van der Waals surface area contributed by atoms with Gasteiger partial charge in [0.2, 0.25) is 5.16 Å². The molecule has 0 aliphatic heterocycles. The Hall–Kier alpha value is -0.210. The van der Waals surface area contributed by atoms with Gasteiger partial charge in [-0.05, 0) is 19.1 Å². The van der Waals surface area contributed by atoms with E-state index in [0.29, 0.717) is 10.9 Å². The standard InChI is InChI=1S/C10H13Cl3N4O2S/c1-20-9-15-14-6(5-2-3-5)7(18)17(9)16-8(19)10(12,13)4-11/h5,8,16,19H,2-4H2,1H3. The highest BCUT2D eigenvalue weighted by Crippen LogP contribution is 2.37. The van der Waals surface area contributed by atoms with E-state index in [-0.39, 0.29) is 17.4 Å². The van der Waals surface area contributed by atoms with Crippen LogP contribution < -0.4 is 11.0 Å². The molecule has 0 aromatic carbocycles. The Kier molecular flexibility index (Phi) is 5.07. The van der Waals surface area contributed by atoms with Crippen molar-refractivity contribution in [3.63, 3.8) is 0 Å². The molecule has 0 spiro atoms. The van der Waals surface area contributed by atoms with Gasteiger partial charge in [-0.2, -0.15) is 4.68 Å². The van der Waals surface area contributed by atoms with Crippen molar-refractivity contribution in [2.24, 2.45) is 0 Å². The number of hydrogen-bond donors (Lipinski definition) is 2. The fourth-order valence-electron chi connectivity index (χ4n) is 1.53. The van der Waals surface area contributed by atoms with Gasteiger partial charge in [0.15, 0.2) is 10.6 Å². The molecule has 1 atom stereocenters. The Balaban J connectivity index is 2.34. The van der Waals surface area contributed by atoms with E-state index in [4.69, 9.17) is 34.8 Å². The number of aromatic nitrogens is 3. The fourth-order valence-corrected chi connectivity index (χ4v) is 2.22. The third kappa shape index (κ3) is 3.33. The predicted molar refractivity (Wildman–Crippen MR) is 80.6 cm³/mol. The first-order valence-corrected chi connectivity index (χ1v) is 8.34. The van der Waals surface area contributed by atoms with Gasteiger partial charge in [-0.15, -0.1) is 21.8 Å². The van der Waals surface area contributed by atoms with E-state index >= 15 is 0 Å². The van der Waals surface area contributed by atoms with E-state index in [1.54, 1.807) is 6.26 Å². The maximum absolute atomic E-state index is 12.3. The number of nitrogens with zero attached hydrogens (tertiary/aromatic N) is 3. The summed E-state index contributed by atoms with van der Waals surface area (Å²) >= 11 is 18.5. The smallest absolute Gasteiger partial charge is 0.295 e. The molecule has 0 bridgehead atoms. The number of aliphatic hydroxyl groups is 1. The summed E-state index contributed by atoms with van der Waals surface area (Å²) in [5.41, 5.74) is 2.55. The molecule has 1 unspecified atom stereocenters. The molecule has 6 nitrogen and oxygen atoms in total. The zero-order valence-corrected chi connectivity index (χ0v) is 13.6. The highest BCUT2D eigenvalue weighted by Gasteiger charge is 2.35. The first-order chi connectivity index (χ1) is 9.40.